The highest BCUT2D eigenvalue weighted by atomic mass is 32.2. The lowest BCUT2D eigenvalue weighted by Gasteiger charge is -2.10. The van der Waals surface area contributed by atoms with Gasteiger partial charge in [-0.25, -0.2) is 23.1 Å². The van der Waals surface area contributed by atoms with E-state index in [1.54, 1.807) is 18.2 Å². The summed E-state index contributed by atoms with van der Waals surface area (Å²) < 4.78 is 26.2. The molecule has 3 aromatic rings. The van der Waals surface area contributed by atoms with Gasteiger partial charge in [0.15, 0.2) is 0 Å². The van der Waals surface area contributed by atoms with E-state index in [0.29, 0.717) is 23.7 Å². The number of carbonyl (C=O) groups excluding carboxylic acids is 1. The SMILES string of the molecule is CNS(=O)(=O)c1cccc(Nc2cc(Nc3cccc(CCC(N)=O)c3)ncn2)c1. The quantitative estimate of drug-likeness (QED) is 0.412. The molecule has 0 aliphatic carbocycles. The molecule has 0 aliphatic rings. The third kappa shape index (κ3) is 5.75. The van der Waals surface area contributed by atoms with Crippen LogP contribution in [0.15, 0.2) is 65.8 Å². The number of amides is 1. The Morgan fingerprint density at radius 3 is 2.23 bits per heavy atom. The molecule has 156 valence electrons. The maximum Gasteiger partial charge on any atom is 0.240 e. The number of hydrogen-bond donors (Lipinski definition) is 4. The van der Waals surface area contributed by atoms with E-state index in [2.05, 4.69) is 25.3 Å². The first kappa shape index (κ1) is 21.2. The van der Waals surface area contributed by atoms with Crippen LogP contribution in [0, 0.1) is 0 Å². The van der Waals surface area contributed by atoms with Crippen molar-refractivity contribution in [3.63, 3.8) is 0 Å². The van der Waals surface area contributed by atoms with Crippen LogP contribution in [-0.4, -0.2) is 31.3 Å². The fourth-order valence-corrected chi connectivity index (χ4v) is 3.50. The summed E-state index contributed by atoms with van der Waals surface area (Å²) in [6, 6.07) is 15.7. The number of carbonyl (C=O) groups is 1. The van der Waals surface area contributed by atoms with Gasteiger partial charge in [-0.2, -0.15) is 0 Å². The maximum atomic E-state index is 12.0. The van der Waals surface area contributed by atoms with Gasteiger partial charge in [0.2, 0.25) is 15.9 Å². The zero-order valence-corrected chi connectivity index (χ0v) is 17.1. The summed E-state index contributed by atoms with van der Waals surface area (Å²) >= 11 is 0. The van der Waals surface area contributed by atoms with Gasteiger partial charge in [0.1, 0.15) is 18.0 Å². The number of nitrogens with two attached hydrogens (primary N) is 1. The zero-order chi connectivity index (χ0) is 21.6. The largest absolute Gasteiger partial charge is 0.370 e. The standard InChI is InChI=1S/C20H22N6O3S/c1-22-30(28,29)17-7-3-6-16(11-17)26-20-12-19(23-13-24-20)25-15-5-2-4-14(10-15)8-9-18(21)27/h2-7,10-13,22H,8-9H2,1H3,(H2,21,27)(H2,23,24,25,26). The summed E-state index contributed by atoms with van der Waals surface area (Å²) in [5.74, 6) is 0.710. The lowest BCUT2D eigenvalue weighted by atomic mass is 10.1. The minimum Gasteiger partial charge on any atom is -0.370 e. The fraction of sp³-hybridized carbons (Fsp3) is 0.150. The Morgan fingerprint density at radius 2 is 1.60 bits per heavy atom. The molecule has 2 aromatic carbocycles. The van der Waals surface area contributed by atoms with Gasteiger partial charge in [0.05, 0.1) is 4.90 Å². The topological polar surface area (TPSA) is 139 Å². The Morgan fingerprint density at radius 1 is 0.967 bits per heavy atom. The van der Waals surface area contributed by atoms with Gasteiger partial charge in [-0.1, -0.05) is 18.2 Å². The van der Waals surface area contributed by atoms with Crippen LogP contribution in [0.5, 0.6) is 0 Å². The molecule has 1 amide bonds. The highest BCUT2D eigenvalue weighted by Crippen LogP contribution is 2.22. The van der Waals surface area contributed by atoms with Crippen LogP contribution in [0.25, 0.3) is 0 Å². The van der Waals surface area contributed by atoms with Crippen molar-refractivity contribution in [3.8, 4) is 0 Å². The van der Waals surface area contributed by atoms with Crippen molar-refractivity contribution in [1.82, 2.24) is 14.7 Å². The Labute approximate surface area is 174 Å². The predicted molar refractivity (Wildman–Crippen MR) is 115 cm³/mol. The van der Waals surface area contributed by atoms with Crippen LogP contribution in [0.3, 0.4) is 0 Å². The first-order chi connectivity index (χ1) is 14.4. The minimum absolute atomic E-state index is 0.148. The number of rotatable bonds is 9. The first-order valence-corrected chi connectivity index (χ1v) is 10.6. The zero-order valence-electron chi connectivity index (χ0n) is 16.3. The maximum absolute atomic E-state index is 12.0. The fourth-order valence-electron chi connectivity index (χ4n) is 2.72. The molecule has 0 radical (unpaired) electrons. The second kappa shape index (κ2) is 9.33. The van der Waals surface area contributed by atoms with Gasteiger partial charge in [-0.3, -0.25) is 4.79 Å². The number of primary amides is 1. The van der Waals surface area contributed by atoms with Crippen LogP contribution in [0.1, 0.15) is 12.0 Å². The van der Waals surface area contributed by atoms with Gasteiger partial charge >= 0.3 is 0 Å². The molecule has 0 bridgehead atoms. The molecule has 0 spiro atoms. The van der Waals surface area contributed by atoms with E-state index in [4.69, 9.17) is 5.73 Å². The number of nitrogens with zero attached hydrogens (tertiary/aromatic N) is 2. The monoisotopic (exact) mass is 426 g/mol. The van der Waals surface area contributed by atoms with Gasteiger partial charge in [-0.15, -0.1) is 0 Å². The van der Waals surface area contributed by atoms with E-state index in [9.17, 15) is 13.2 Å². The number of benzene rings is 2. The van der Waals surface area contributed by atoms with Crippen molar-refractivity contribution in [2.75, 3.05) is 17.7 Å². The second-order valence-electron chi connectivity index (χ2n) is 6.44. The van der Waals surface area contributed by atoms with E-state index < -0.39 is 10.0 Å². The third-order valence-electron chi connectivity index (χ3n) is 4.21. The number of sulfonamides is 1. The molecular weight excluding hydrogens is 404 g/mol. The predicted octanol–water partition coefficient (Wildman–Crippen LogP) is 2.29. The van der Waals surface area contributed by atoms with E-state index in [0.717, 1.165) is 11.3 Å². The normalized spacial score (nSPS) is 11.1. The van der Waals surface area contributed by atoms with E-state index >= 15 is 0 Å². The Balaban J connectivity index is 1.74. The summed E-state index contributed by atoms with van der Waals surface area (Å²) in [5.41, 5.74) is 7.57. The van der Waals surface area contributed by atoms with Crippen molar-refractivity contribution in [3.05, 3.63) is 66.5 Å². The Kier molecular flexibility index (Phi) is 6.60. The summed E-state index contributed by atoms with van der Waals surface area (Å²) in [7, 11) is -2.18. The number of anilines is 4. The molecule has 0 atom stereocenters. The molecule has 9 nitrogen and oxygen atoms in total. The molecule has 0 saturated heterocycles. The van der Waals surface area contributed by atoms with Crippen molar-refractivity contribution in [2.45, 2.75) is 17.7 Å². The van der Waals surface area contributed by atoms with Crippen molar-refractivity contribution < 1.29 is 13.2 Å². The van der Waals surface area contributed by atoms with Crippen LogP contribution in [-0.2, 0) is 21.2 Å². The second-order valence-corrected chi connectivity index (χ2v) is 8.33. The molecule has 5 N–H and O–H groups in total. The van der Waals surface area contributed by atoms with Gasteiger partial charge in [-0.05, 0) is 49.4 Å². The highest BCUT2D eigenvalue weighted by Gasteiger charge is 2.11. The van der Waals surface area contributed by atoms with Crippen LogP contribution in [0.2, 0.25) is 0 Å². The summed E-state index contributed by atoms with van der Waals surface area (Å²) in [6.07, 6.45) is 2.25. The number of aromatic nitrogens is 2. The average Bonchev–Trinajstić information content (AvgIpc) is 2.73. The van der Waals surface area contributed by atoms with Crippen LogP contribution in [0.4, 0.5) is 23.0 Å². The molecule has 0 saturated carbocycles. The summed E-state index contributed by atoms with van der Waals surface area (Å²) in [5, 5.41) is 6.27. The van der Waals surface area contributed by atoms with E-state index in [1.165, 1.54) is 25.5 Å². The molecule has 30 heavy (non-hydrogen) atoms. The number of nitrogens with one attached hydrogen (secondary N) is 3. The molecule has 0 fully saturated rings. The van der Waals surface area contributed by atoms with Crippen molar-refractivity contribution in [2.24, 2.45) is 5.73 Å². The average molecular weight is 427 g/mol. The Hall–Kier alpha value is -3.50. The lowest BCUT2D eigenvalue weighted by Crippen LogP contribution is -2.18. The molecule has 10 heteroatoms. The van der Waals surface area contributed by atoms with E-state index in [-0.39, 0.29) is 17.2 Å². The van der Waals surface area contributed by atoms with Gasteiger partial charge < -0.3 is 16.4 Å². The van der Waals surface area contributed by atoms with E-state index in [1.807, 2.05) is 24.3 Å². The lowest BCUT2D eigenvalue weighted by molar-refractivity contribution is -0.117. The molecule has 0 unspecified atom stereocenters. The first-order valence-electron chi connectivity index (χ1n) is 9.13. The van der Waals surface area contributed by atoms with Gasteiger partial charge in [0.25, 0.3) is 0 Å². The smallest absolute Gasteiger partial charge is 0.240 e. The van der Waals surface area contributed by atoms with Crippen molar-refractivity contribution >= 4 is 38.9 Å². The van der Waals surface area contributed by atoms with Crippen LogP contribution >= 0.6 is 0 Å². The molecular formula is C20H22N6O3S. The minimum atomic E-state index is -3.54. The Bertz CT molecular complexity index is 1150. The molecule has 0 aliphatic heterocycles. The number of aryl methyl sites for hydroxylation is 1. The summed E-state index contributed by atoms with van der Waals surface area (Å²) in [6.45, 7) is 0. The van der Waals surface area contributed by atoms with Crippen LogP contribution < -0.4 is 21.1 Å². The molecule has 3 rings (SSSR count). The molecule has 1 heterocycles. The third-order valence-corrected chi connectivity index (χ3v) is 5.62. The summed E-state index contributed by atoms with van der Waals surface area (Å²) in [4.78, 5) is 19.5. The highest BCUT2D eigenvalue weighted by molar-refractivity contribution is 7.89. The number of hydrogen-bond acceptors (Lipinski definition) is 7. The molecule has 1 aromatic heterocycles. The van der Waals surface area contributed by atoms with Gasteiger partial charge in [0, 0.05) is 23.9 Å². The van der Waals surface area contributed by atoms with Crippen molar-refractivity contribution in [1.29, 1.82) is 0 Å².